The Morgan fingerprint density at radius 3 is 2.80 bits per heavy atom. The zero-order chi connectivity index (χ0) is 14.5. The molecule has 0 saturated carbocycles. The summed E-state index contributed by atoms with van der Waals surface area (Å²) < 4.78 is 7.24. The Labute approximate surface area is 119 Å². The van der Waals surface area contributed by atoms with Gasteiger partial charge in [-0.3, -0.25) is 4.68 Å². The van der Waals surface area contributed by atoms with Gasteiger partial charge in [-0.25, -0.2) is 4.98 Å². The molecule has 2 heterocycles. The molecule has 6 nitrogen and oxygen atoms in total. The van der Waals surface area contributed by atoms with Gasteiger partial charge >= 0.3 is 0 Å². The van der Waals surface area contributed by atoms with Crippen molar-refractivity contribution in [2.75, 3.05) is 31.4 Å². The Kier molecular flexibility index (Phi) is 4.45. The number of nitrogens with zero attached hydrogens (tertiary/aromatic N) is 4. The number of rotatable bonds is 6. The predicted octanol–water partition coefficient (Wildman–Crippen LogP) is 1.98. The number of hydrogen-bond donors (Lipinski definition) is 1. The first-order chi connectivity index (χ1) is 9.65. The third-order valence-corrected chi connectivity index (χ3v) is 3.05. The van der Waals surface area contributed by atoms with E-state index in [1.165, 1.54) is 0 Å². The monoisotopic (exact) mass is 275 g/mol. The van der Waals surface area contributed by atoms with Gasteiger partial charge in [0.25, 0.3) is 0 Å². The van der Waals surface area contributed by atoms with E-state index >= 15 is 0 Å². The van der Waals surface area contributed by atoms with E-state index in [1.807, 2.05) is 42.1 Å². The van der Waals surface area contributed by atoms with E-state index in [9.17, 15) is 0 Å². The van der Waals surface area contributed by atoms with E-state index in [1.54, 1.807) is 13.3 Å². The second-order valence-corrected chi connectivity index (χ2v) is 4.67. The number of anilines is 2. The summed E-state index contributed by atoms with van der Waals surface area (Å²) in [6.45, 7) is 3.63. The molecule has 0 aliphatic heterocycles. The van der Waals surface area contributed by atoms with Crippen LogP contribution in [0.15, 0.2) is 24.7 Å². The molecular formula is C14H21N5O. The standard InChI is InChI=1S/C14H21N5O/c1-5-19-10-11(9-17-19)8-16-13-12(18(2)3)6-7-15-14(13)20-4/h6-7,9-10,16H,5,8H2,1-4H3. The van der Waals surface area contributed by atoms with Crippen LogP contribution in [0.5, 0.6) is 5.88 Å². The molecule has 0 aromatic carbocycles. The minimum atomic E-state index is 0.596. The summed E-state index contributed by atoms with van der Waals surface area (Å²) in [5, 5.41) is 7.65. The third-order valence-electron chi connectivity index (χ3n) is 3.05. The van der Waals surface area contributed by atoms with Gasteiger partial charge in [0.2, 0.25) is 5.88 Å². The molecule has 0 unspecified atom stereocenters. The molecule has 0 fully saturated rings. The SMILES string of the molecule is CCn1cc(CNc2c(N(C)C)ccnc2OC)cn1. The summed E-state index contributed by atoms with van der Waals surface area (Å²) in [6.07, 6.45) is 5.65. The van der Waals surface area contributed by atoms with Crippen LogP contribution in [0.1, 0.15) is 12.5 Å². The highest BCUT2D eigenvalue weighted by Crippen LogP contribution is 2.32. The predicted molar refractivity (Wildman–Crippen MR) is 80.3 cm³/mol. The van der Waals surface area contributed by atoms with E-state index in [2.05, 4.69) is 22.3 Å². The van der Waals surface area contributed by atoms with Crippen molar-refractivity contribution in [3.63, 3.8) is 0 Å². The molecule has 6 heteroatoms. The molecule has 20 heavy (non-hydrogen) atoms. The number of pyridine rings is 1. The van der Waals surface area contributed by atoms with Gasteiger partial charge in [-0.15, -0.1) is 0 Å². The normalized spacial score (nSPS) is 10.4. The number of methoxy groups -OCH3 is 1. The largest absolute Gasteiger partial charge is 0.479 e. The summed E-state index contributed by atoms with van der Waals surface area (Å²) in [7, 11) is 5.62. The van der Waals surface area contributed by atoms with E-state index in [0.717, 1.165) is 23.5 Å². The van der Waals surface area contributed by atoms with Crippen molar-refractivity contribution in [3.05, 3.63) is 30.2 Å². The van der Waals surface area contributed by atoms with Crippen LogP contribution in [0.2, 0.25) is 0 Å². The van der Waals surface area contributed by atoms with Gasteiger partial charge in [-0.2, -0.15) is 5.10 Å². The van der Waals surface area contributed by atoms with Gasteiger partial charge in [-0.1, -0.05) is 0 Å². The smallest absolute Gasteiger partial charge is 0.239 e. The Bertz CT molecular complexity index is 564. The lowest BCUT2D eigenvalue weighted by Crippen LogP contribution is -2.13. The molecule has 1 N–H and O–H groups in total. The fourth-order valence-corrected chi connectivity index (χ4v) is 1.99. The third kappa shape index (κ3) is 3.01. The number of aromatic nitrogens is 3. The lowest BCUT2D eigenvalue weighted by atomic mass is 10.3. The molecule has 0 amide bonds. The van der Waals surface area contributed by atoms with E-state index in [4.69, 9.17) is 4.74 Å². The Balaban J connectivity index is 2.19. The van der Waals surface area contributed by atoms with Crippen molar-refractivity contribution in [2.45, 2.75) is 20.0 Å². The first-order valence-electron chi connectivity index (χ1n) is 6.61. The summed E-state index contributed by atoms with van der Waals surface area (Å²) in [5.41, 5.74) is 3.06. The van der Waals surface area contributed by atoms with Gasteiger partial charge in [0.05, 0.1) is 19.0 Å². The highest BCUT2D eigenvalue weighted by molar-refractivity contribution is 5.74. The lowest BCUT2D eigenvalue weighted by Gasteiger charge is -2.19. The first kappa shape index (κ1) is 14.2. The fraction of sp³-hybridized carbons (Fsp3) is 0.429. The molecule has 0 spiro atoms. The quantitative estimate of drug-likeness (QED) is 0.873. The van der Waals surface area contributed by atoms with Crippen LogP contribution in [0.25, 0.3) is 0 Å². The molecule has 0 atom stereocenters. The maximum Gasteiger partial charge on any atom is 0.239 e. The molecule has 2 aromatic rings. The van der Waals surface area contributed by atoms with Crippen molar-refractivity contribution >= 4 is 11.4 Å². The van der Waals surface area contributed by atoms with Gasteiger partial charge in [0.15, 0.2) is 0 Å². The minimum absolute atomic E-state index is 0.596. The van der Waals surface area contributed by atoms with Gasteiger partial charge < -0.3 is 15.0 Å². The molecule has 2 aromatic heterocycles. The van der Waals surface area contributed by atoms with Crippen LogP contribution in [-0.2, 0) is 13.1 Å². The first-order valence-corrected chi connectivity index (χ1v) is 6.61. The highest BCUT2D eigenvalue weighted by atomic mass is 16.5. The lowest BCUT2D eigenvalue weighted by molar-refractivity contribution is 0.400. The van der Waals surface area contributed by atoms with Crippen LogP contribution < -0.4 is 15.0 Å². The molecule has 108 valence electrons. The van der Waals surface area contributed by atoms with Gasteiger partial charge in [0.1, 0.15) is 5.69 Å². The Hall–Kier alpha value is -2.24. The van der Waals surface area contributed by atoms with Crippen molar-refractivity contribution < 1.29 is 4.74 Å². The molecule has 0 aliphatic rings. The molecular weight excluding hydrogens is 254 g/mol. The summed E-state index contributed by atoms with van der Waals surface area (Å²) in [6, 6.07) is 1.96. The van der Waals surface area contributed by atoms with Crippen molar-refractivity contribution in [1.29, 1.82) is 0 Å². The van der Waals surface area contributed by atoms with Crippen molar-refractivity contribution in [2.24, 2.45) is 0 Å². The van der Waals surface area contributed by atoms with Gasteiger partial charge in [-0.05, 0) is 13.0 Å². The molecule has 2 rings (SSSR count). The topological polar surface area (TPSA) is 55.2 Å². The van der Waals surface area contributed by atoms with E-state index < -0.39 is 0 Å². The number of aryl methyl sites for hydroxylation is 1. The maximum absolute atomic E-state index is 5.33. The number of hydrogen-bond acceptors (Lipinski definition) is 5. The van der Waals surface area contributed by atoms with Crippen LogP contribution >= 0.6 is 0 Å². The number of nitrogens with one attached hydrogen (secondary N) is 1. The highest BCUT2D eigenvalue weighted by Gasteiger charge is 2.12. The zero-order valence-corrected chi connectivity index (χ0v) is 12.4. The van der Waals surface area contributed by atoms with Crippen molar-refractivity contribution in [3.8, 4) is 5.88 Å². The van der Waals surface area contributed by atoms with Crippen LogP contribution in [0, 0.1) is 0 Å². The minimum Gasteiger partial charge on any atom is -0.479 e. The summed E-state index contributed by atoms with van der Waals surface area (Å²) in [5.74, 6) is 0.596. The van der Waals surface area contributed by atoms with Crippen molar-refractivity contribution in [1.82, 2.24) is 14.8 Å². The maximum atomic E-state index is 5.33. The zero-order valence-electron chi connectivity index (χ0n) is 12.4. The van der Waals surface area contributed by atoms with E-state index in [0.29, 0.717) is 12.4 Å². The Morgan fingerprint density at radius 1 is 1.40 bits per heavy atom. The van der Waals surface area contributed by atoms with Gasteiger partial charge in [0, 0.05) is 45.1 Å². The Morgan fingerprint density at radius 2 is 2.20 bits per heavy atom. The number of ether oxygens (including phenoxy) is 1. The molecule has 0 aliphatic carbocycles. The van der Waals surface area contributed by atoms with E-state index in [-0.39, 0.29) is 0 Å². The van der Waals surface area contributed by atoms with Crippen LogP contribution in [-0.4, -0.2) is 36.0 Å². The molecule has 0 bridgehead atoms. The summed E-state index contributed by atoms with van der Waals surface area (Å²) >= 11 is 0. The fourth-order valence-electron chi connectivity index (χ4n) is 1.99. The second kappa shape index (κ2) is 6.27. The van der Waals surface area contributed by atoms with Crippen LogP contribution in [0.4, 0.5) is 11.4 Å². The molecule has 0 saturated heterocycles. The molecule has 0 radical (unpaired) electrons. The summed E-state index contributed by atoms with van der Waals surface area (Å²) in [4.78, 5) is 6.27. The second-order valence-electron chi connectivity index (χ2n) is 4.67. The average molecular weight is 275 g/mol. The van der Waals surface area contributed by atoms with Crippen LogP contribution in [0.3, 0.4) is 0 Å². The average Bonchev–Trinajstić information content (AvgIpc) is 2.92.